The standard InChI is InChI=1S/C12H16N2O2/c15-14(16)13(11-7-3-1-4-8-11)12-9-5-2-6-10-12/h1,3-4,7-8,12H,2,5-6,9-10H2. The molecule has 0 atom stereocenters. The van der Waals surface area contributed by atoms with Gasteiger partial charge < -0.3 is 0 Å². The third kappa shape index (κ3) is 2.32. The van der Waals surface area contributed by atoms with Crippen LogP contribution in [0.2, 0.25) is 0 Å². The van der Waals surface area contributed by atoms with Crippen LogP contribution >= 0.6 is 0 Å². The van der Waals surface area contributed by atoms with E-state index in [1.807, 2.05) is 18.2 Å². The summed E-state index contributed by atoms with van der Waals surface area (Å²) in [6.07, 6.45) is 5.26. The van der Waals surface area contributed by atoms with Crippen molar-refractivity contribution in [1.82, 2.24) is 0 Å². The van der Waals surface area contributed by atoms with Gasteiger partial charge in [-0.2, -0.15) is 0 Å². The van der Waals surface area contributed by atoms with Gasteiger partial charge in [-0.05, 0) is 25.0 Å². The lowest BCUT2D eigenvalue weighted by Gasteiger charge is -2.27. The first-order valence-electron chi connectivity index (χ1n) is 5.77. The van der Waals surface area contributed by atoms with Crippen molar-refractivity contribution in [2.45, 2.75) is 38.1 Å². The molecule has 1 saturated carbocycles. The van der Waals surface area contributed by atoms with Gasteiger partial charge in [-0.15, -0.1) is 0 Å². The zero-order valence-electron chi connectivity index (χ0n) is 9.21. The van der Waals surface area contributed by atoms with E-state index in [4.69, 9.17) is 0 Å². The molecule has 1 aliphatic rings. The fourth-order valence-corrected chi connectivity index (χ4v) is 2.34. The molecule has 86 valence electrons. The van der Waals surface area contributed by atoms with Crippen LogP contribution in [0.15, 0.2) is 30.3 Å². The van der Waals surface area contributed by atoms with Gasteiger partial charge in [0.2, 0.25) is 0 Å². The molecule has 1 aliphatic carbocycles. The molecule has 16 heavy (non-hydrogen) atoms. The molecule has 2 rings (SSSR count). The number of nitrogens with zero attached hydrogens (tertiary/aromatic N) is 2. The van der Waals surface area contributed by atoms with Crippen molar-refractivity contribution in [3.8, 4) is 0 Å². The molecule has 0 aromatic heterocycles. The Hall–Kier alpha value is -1.58. The van der Waals surface area contributed by atoms with Gasteiger partial charge in [-0.25, -0.2) is 10.1 Å². The second kappa shape index (κ2) is 4.96. The van der Waals surface area contributed by atoms with Crippen molar-refractivity contribution in [1.29, 1.82) is 0 Å². The summed E-state index contributed by atoms with van der Waals surface area (Å²) in [5.41, 5.74) is 0.694. The third-order valence-electron chi connectivity index (χ3n) is 3.12. The number of benzene rings is 1. The van der Waals surface area contributed by atoms with E-state index in [0.29, 0.717) is 5.69 Å². The maximum Gasteiger partial charge on any atom is 0.165 e. The van der Waals surface area contributed by atoms with Crippen molar-refractivity contribution < 1.29 is 5.03 Å². The minimum atomic E-state index is -0.272. The van der Waals surface area contributed by atoms with E-state index in [9.17, 15) is 10.1 Å². The molecule has 4 heteroatoms. The first kappa shape index (κ1) is 10.9. The van der Waals surface area contributed by atoms with Crippen LogP contribution in [0, 0.1) is 10.1 Å². The minimum absolute atomic E-state index is 0.0612. The van der Waals surface area contributed by atoms with Gasteiger partial charge >= 0.3 is 0 Å². The average molecular weight is 220 g/mol. The van der Waals surface area contributed by atoms with Crippen molar-refractivity contribution in [2.24, 2.45) is 0 Å². The lowest BCUT2D eigenvalue weighted by atomic mass is 9.95. The predicted octanol–water partition coefficient (Wildman–Crippen LogP) is 3.02. The number of hydrazine groups is 1. The molecule has 0 spiro atoms. The van der Waals surface area contributed by atoms with Gasteiger partial charge in [0.15, 0.2) is 5.03 Å². The lowest BCUT2D eigenvalue weighted by molar-refractivity contribution is -0.501. The van der Waals surface area contributed by atoms with Crippen molar-refractivity contribution in [3.63, 3.8) is 0 Å². The molecule has 0 heterocycles. The summed E-state index contributed by atoms with van der Waals surface area (Å²) >= 11 is 0. The molecule has 1 aromatic carbocycles. The first-order valence-corrected chi connectivity index (χ1v) is 5.77. The average Bonchev–Trinajstić information content (AvgIpc) is 2.31. The highest BCUT2D eigenvalue weighted by molar-refractivity contribution is 5.44. The van der Waals surface area contributed by atoms with Crippen LogP contribution in [-0.4, -0.2) is 11.1 Å². The Balaban J connectivity index is 2.20. The zero-order valence-corrected chi connectivity index (χ0v) is 9.21. The molecule has 0 bridgehead atoms. The van der Waals surface area contributed by atoms with Crippen LogP contribution < -0.4 is 5.01 Å². The first-order chi connectivity index (χ1) is 7.79. The van der Waals surface area contributed by atoms with E-state index in [1.54, 1.807) is 12.1 Å². The fourth-order valence-electron chi connectivity index (χ4n) is 2.34. The van der Waals surface area contributed by atoms with Crippen LogP contribution in [-0.2, 0) is 0 Å². The molecule has 0 aliphatic heterocycles. The number of nitro groups is 1. The van der Waals surface area contributed by atoms with Gasteiger partial charge in [0.05, 0.1) is 6.04 Å². The Morgan fingerprint density at radius 2 is 1.75 bits per heavy atom. The van der Waals surface area contributed by atoms with Crippen molar-refractivity contribution >= 4 is 5.69 Å². The summed E-state index contributed by atoms with van der Waals surface area (Å²) in [6.45, 7) is 0. The summed E-state index contributed by atoms with van der Waals surface area (Å²) in [7, 11) is 0. The van der Waals surface area contributed by atoms with Crippen molar-refractivity contribution in [3.05, 3.63) is 40.4 Å². The highest BCUT2D eigenvalue weighted by Crippen LogP contribution is 2.26. The molecule has 1 aromatic rings. The molecule has 1 fully saturated rings. The largest absolute Gasteiger partial charge is 0.234 e. The van der Waals surface area contributed by atoms with E-state index in [-0.39, 0.29) is 11.1 Å². The van der Waals surface area contributed by atoms with Crippen LogP contribution in [0.1, 0.15) is 32.1 Å². The predicted molar refractivity (Wildman–Crippen MR) is 62.8 cm³/mol. The second-order valence-electron chi connectivity index (χ2n) is 4.21. The maximum absolute atomic E-state index is 11.1. The van der Waals surface area contributed by atoms with Gasteiger partial charge in [-0.1, -0.05) is 42.5 Å². The molecule has 0 N–H and O–H groups in total. The number of hydrogen-bond acceptors (Lipinski definition) is 2. The third-order valence-corrected chi connectivity index (χ3v) is 3.12. The molecule has 0 saturated heterocycles. The Labute approximate surface area is 95.0 Å². The Kier molecular flexibility index (Phi) is 3.39. The second-order valence-corrected chi connectivity index (χ2v) is 4.21. The van der Waals surface area contributed by atoms with Gasteiger partial charge in [0.1, 0.15) is 5.69 Å². The topological polar surface area (TPSA) is 46.4 Å². The Morgan fingerprint density at radius 3 is 2.31 bits per heavy atom. The molecule has 0 amide bonds. The highest BCUT2D eigenvalue weighted by Gasteiger charge is 2.29. The quantitative estimate of drug-likeness (QED) is 0.581. The van der Waals surface area contributed by atoms with E-state index in [0.717, 1.165) is 25.7 Å². The zero-order chi connectivity index (χ0) is 11.4. The van der Waals surface area contributed by atoms with Crippen molar-refractivity contribution in [2.75, 3.05) is 5.01 Å². The molecule has 4 nitrogen and oxygen atoms in total. The summed E-state index contributed by atoms with van der Waals surface area (Å²) in [4.78, 5) is 11.1. The Bertz CT molecular complexity index is 347. The summed E-state index contributed by atoms with van der Waals surface area (Å²) < 4.78 is 0. The van der Waals surface area contributed by atoms with Crippen LogP contribution in [0.4, 0.5) is 5.69 Å². The lowest BCUT2D eigenvalue weighted by Crippen LogP contribution is -2.41. The van der Waals surface area contributed by atoms with E-state index < -0.39 is 0 Å². The monoisotopic (exact) mass is 220 g/mol. The van der Waals surface area contributed by atoms with E-state index >= 15 is 0 Å². The minimum Gasteiger partial charge on any atom is -0.234 e. The van der Waals surface area contributed by atoms with Gasteiger partial charge in [0.25, 0.3) is 0 Å². The maximum atomic E-state index is 11.1. The number of anilines is 1. The fraction of sp³-hybridized carbons (Fsp3) is 0.500. The normalized spacial score (nSPS) is 17.0. The van der Waals surface area contributed by atoms with Crippen LogP contribution in [0.25, 0.3) is 0 Å². The van der Waals surface area contributed by atoms with Crippen LogP contribution in [0.3, 0.4) is 0 Å². The molecular formula is C12H16N2O2. The summed E-state index contributed by atoms with van der Waals surface area (Å²) in [5, 5.41) is 12.2. The molecule has 0 unspecified atom stereocenters. The summed E-state index contributed by atoms with van der Waals surface area (Å²) in [5.74, 6) is 0. The molecular weight excluding hydrogens is 204 g/mol. The molecule has 0 radical (unpaired) electrons. The SMILES string of the molecule is O=[N+]([O-])N(c1ccccc1)C1CCCCC1. The number of hydrogen-bond donors (Lipinski definition) is 0. The Morgan fingerprint density at radius 1 is 1.12 bits per heavy atom. The number of rotatable bonds is 3. The van der Waals surface area contributed by atoms with E-state index in [1.165, 1.54) is 11.4 Å². The highest BCUT2D eigenvalue weighted by atomic mass is 16.7. The van der Waals surface area contributed by atoms with Crippen LogP contribution in [0.5, 0.6) is 0 Å². The summed E-state index contributed by atoms with van der Waals surface area (Å²) in [6, 6.07) is 9.23. The van der Waals surface area contributed by atoms with Gasteiger partial charge in [-0.3, -0.25) is 0 Å². The smallest absolute Gasteiger partial charge is 0.165 e. The van der Waals surface area contributed by atoms with E-state index in [2.05, 4.69) is 0 Å². The number of para-hydroxylation sites is 1. The van der Waals surface area contributed by atoms with Gasteiger partial charge in [0, 0.05) is 0 Å².